The van der Waals surface area contributed by atoms with E-state index in [2.05, 4.69) is 45.0 Å². The van der Waals surface area contributed by atoms with Crippen molar-refractivity contribution in [1.29, 1.82) is 0 Å². The molecule has 0 saturated heterocycles. The average Bonchev–Trinajstić information content (AvgIpc) is 2.49. The summed E-state index contributed by atoms with van der Waals surface area (Å²) in [5.41, 5.74) is 9.80. The summed E-state index contributed by atoms with van der Waals surface area (Å²) in [4.78, 5) is 14.3. The van der Waals surface area contributed by atoms with Crippen molar-refractivity contribution >= 4 is 11.6 Å². The van der Waals surface area contributed by atoms with Gasteiger partial charge in [-0.05, 0) is 30.2 Å². The van der Waals surface area contributed by atoms with Crippen LogP contribution in [0, 0.1) is 6.92 Å². The first-order valence-electron chi connectivity index (χ1n) is 7.93. The van der Waals surface area contributed by atoms with E-state index in [0.717, 1.165) is 11.3 Å². The molecule has 2 rings (SSSR count). The molecule has 1 amide bonds. The second kappa shape index (κ2) is 6.86. The van der Waals surface area contributed by atoms with Crippen LogP contribution in [-0.2, 0) is 16.6 Å². The van der Waals surface area contributed by atoms with E-state index in [0.29, 0.717) is 13.0 Å². The second-order valence-corrected chi connectivity index (χ2v) is 6.92. The smallest absolute Gasteiger partial charge is 0.226 e. The Labute approximate surface area is 139 Å². The maximum atomic E-state index is 12.5. The molecule has 0 atom stereocenters. The van der Waals surface area contributed by atoms with Crippen LogP contribution in [0.2, 0.25) is 0 Å². The molecule has 0 aromatic heterocycles. The van der Waals surface area contributed by atoms with Crippen LogP contribution in [0.25, 0.3) is 0 Å². The number of anilines is 1. The molecule has 0 bridgehead atoms. The van der Waals surface area contributed by atoms with Gasteiger partial charge in [0.25, 0.3) is 0 Å². The SMILES string of the molecule is Cc1ccc(C(C)(C)CN(C)C(=O)Cc2ccc(N)cc2)cc1. The summed E-state index contributed by atoms with van der Waals surface area (Å²) in [7, 11) is 1.87. The Kier molecular flexibility index (Phi) is 5.09. The van der Waals surface area contributed by atoms with E-state index >= 15 is 0 Å². The largest absolute Gasteiger partial charge is 0.399 e. The van der Waals surface area contributed by atoms with Gasteiger partial charge in [0.1, 0.15) is 0 Å². The van der Waals surface area contributed by atoms with Crippen LogP contribution in [0.15, 0.2) is 48.5 Å². The quantitative estimate of drug-likeness (QED) is 0.858. The Morgan fingerprint density at radius 2 is 1.61 bits per heavy atom. The molecule has 0 aliphatic rings. The van der Waals surface area contributed by atoms with Crippen LogP contribution < -0.4 is 5.73 Å². The molecule has 2 N–H and O–H groups in total. The van der Waals surface area contributed by atoms with Crippen molar-refractivity contribution in [2.45, 2.75) is 32.6 Å². The number of rotatable bonds is 5. The molecule has 0 saturated carbocycles. The summed E-state index contributed by atoms with van der Waals surface area (Å²) >= 11 is 0. The summed E-state index contributed by atoms with van der Waals surface area (Å²) < 4.78 is 0. The first kappa shape index (κ1) is 17.1. The molecule has 2 aromatic rings. The highest BCUT2D eigenvalue weighted by Crippen LogP contribution is 2.24. The Morgan fingerprint density at radius 3 is 2.17 bits per heavy atom. The first-order valence-corrected chi connectivity index (χ1v) is 7.93. The number of likely N-dealkylation sites (N-methyl/N-ethyl adjacent to an activating group) is 1. The predicted molar refractivity (Wildman–Crippen MR) is 96.4 cm³/mol. The average molecular weight is 310 g/mol. The minimum absolute atomic E-state index is 0.0841. The third-order valence-electron chi connectivity index (χ3n) is 4.23. The molecule has 0 fully saturated rings. The van der Waals surface area contributed by atoms with Gasteiger partial charge in [-0.2, -0.15) is 0 Å². The van der Waals surface area contributed by atoms with Gasteiger partial charge in [-0.25, -0.2) is 0 Å². The highest BCUT2D eigenvalue weighted by Gasteiger charge is 2.24. The van der Waals surface area contributed by atoms with Gasteiger partial charge in [0.05, 0.1) is 6.42 Å². The fraction of sp³-hybridized carbons (Fsp3) is 0.350. The molecule has 2 aromatic carbocycles. The number of nitrogens with zero attached hydrogens (tertiary/aromatic N) is 1. The maximum Gasteiger partial charge on any atom is 0.226 e. The standard InChI is InChI=1S/C20H26N2O/c1-15-5-9-17(10-6-15)20(2,3)14-22(4)19(23)13-16-7-11-18(21)12-8-16/h5-12H,13-14,21H2,1-4H3. The Bertz CT molecular complexity index is 657. The minimum atomic E-state index is -0.0841. The number of benzene rings is 2. The molecule has 0 aliphatic heterocycles. The monoisotopic (exact) mass is 310 g/mol. The van der Waals surface area contributed by atoms with Gasteiger partial charge in [-0.3, -0.25) is 4.79 Å². The van der Waals surface area contributed by atoms with Gasteiger partial charge >= 0.3 is 0 Å². The number of hydrogen-bond donors (Lipinski definition) is 1. The second-order valence-electron chi connectivity index (χ2n) is 6.92. The molecule has 3 heteroatoms. The van der Waals surface area contributed by atoms with Crippen LogP contribution in [0.3, 0.4) is 0 Å². The van der Waals surface area contributed by atoms with Gasteiger partial charge in [-0.1, -0.05) is 55.8 Å². The molecule has 23 heavy (non-hydrogen) atoms. The zero-order valence-electron chi connectivity index (χ0n) is 14.5. The van der Waals surface area contributed by atoms with Crippen molar-refractivity contribution in [2.75, 3.05) is 19.3 Å². The Hall–Kier alpha value is -2.29. The summed E-state index contributed by atoms with van der Waals surface area (Å²) in [6.07, 6.45) is 0.404. The number of nitrogens with two attached hydrogens (primary N) is 1. The number of hydrogen-bond acceptors (Lipinski definition) is 2. The van der Waals surface area contributed by atoms with Crippen molar-refractivity contribution in [3.05, 3.63) is 65.2 Å². The van der Waals surface area contributed by atoms with Crippen molar-refractivity contribution in [3.63, 3.8) is 0 Å². The summed E-state index contributed by atoms with van der Waals surface area (Å²) in [6.45, 7) is 7.11. The van der Waals surface area contributed by atoms with E-state index in [4.69, 9.17) is 5.73 Å². The molecule has 122 valence electrons. The number of amides is 1. The Balaban J connectivity index is 2.01. The van der Waals surface area contributed by atoms with Gasteiger partial charge in [-0.15, -0.1) is 0 Å². The lowest BCUT2D eigenvalue weighted by atomic mass is 9.83. The molecule has 0 radical (unpaired) electrons. The Morgan fingerprint density at radius 1 is 1.04 bits per heavy atom. The highest BCUT2D eigenvalue weighted by molar-refractivity contribution is 5.78. The summed E-state index contributed by atoms with van der Waals surface area (Å²) in [6, 6.07) is 16.0. The molecule has 0 aliphatic carbocycles. The van der Waals surface area contributed by atoms with E-state index in [1.807, 2.05) is 36.2 Å². The zero-order valence-corrected chi connectivity index (χ0v) is 14.5. The zero-order chi connectivity index (χ0) is 17.0. The van der Waals surface area contributed by atoms with Crippen molar-refractivity contribution < 1.29 is 4.79 Å². The summed E-state index contributed by atoms with van der Waals surface area (Å²) in [5.74, 6) is 0.120. The van der Waals surface area contributed by atoms with Crippen LogP contribution in [-0.4, -0.2) is 24.4 Å². The van der Waals surface area contributed by atoms with Crippen LogP contribution >= 0.6 is 0 Å². The van der Waals surface area contributed by atoms with E-state index in [1.165, 1.54) is 11.1 Å². The molecular weight excluding hydrogens is 284 g/mol. The molecule has 0 unspecified atom stereocenters. The lowest BCUT2D eigenvalue weighted by Gasteiger charge is -2.31. The third kappa shape index (κ3) is 4.59. The third-order valence-corrected chi connectivity index (χ3v) is 4.23. The van der Waals surface area contributed by atoms with Gasteiger partial charge in [0.15, 0.2) is 0 Å². The first-order chi connectivity index (χ1) is 10.8. The summed E-state index contributed by atoms with van der Waals surface area (Å²) in [5, 5.41) is 0. The van der Waals surface area contributed by atoms with E-state index in [-0.39, 0.29) is 11.3 Å². The van der Waals surface area contributed by atoms with Crippen LogP contribution in [0.5, 0.6) is 0 Å². The maximum absolute atomic E-state index is 12.5. The van der Waals surface area contributed by atoms with Crippen molar-refractivity contribution in [1.82, 2.24) is 4.90 Å². The predicted octanol–water partition coefficient (Wildman–Crippen LogP) is 3.56. The number of carbonyl (C=O) groups excluding carboxylic acids is 1. The minimum Gasteiger partial charge on any atom is -0.399 e. The highest BCUT2D eigenvalue weighted by atomic mass is 16.2. The van der Waals surface area contributed by atoms with E-state index < -0.39 is 0 Å². The van der Waals surface area contributed by atoms with Crippen LogP contribution in [0.4, 0.5) is 5.69 Å². The van der Waals surface area contributed by atoms with Crippen LogP contribution in [0.1, 0.15) is 30.5 Å². The van der Waals surface area contributed by atoms with Gasteiger partial charge in [0.2, 0.25) is 5.91 Å². The van der Waals surface area contributed by atoms with Crippen molar-refractivity contribution in [2.24, 2.45) is 0 Å². The molecule has 3 nitrogen and oxygen atoms in total. The fourth-order valence-electron chi connectivity index (χ4n) is 2.72. The molecular formula is C20H26N2O. The van der Waals surface area contributed by atoms with Gasteiger partial charge < -0.3 is 10.6 Å². The molecule has 0 heterocycles. The normalized spacial score (nSPS) is 11.3. The van der Waals surface area contributed by atoms with E-state index in [9.17, 15) is 4.79 Å². The van der Waals surface area contributed by atoms with Crippen molar-refractivity contribution in [3.8, 4) is 0 Å². The fourth-order valence-corrected chi connectivity index (χ4v) is 2.72. The van der Waals surface area contributed by atoms with Gasteiger partial charge in [0, 0.05) is 24.7 Å². The lowest BCUT2D eigenvalue weighted by molar-refractivity contribution is -0.129. The number of aryl methyl sites for hydroxylation is 1. The molecule has 0 spiro atoms. The van der Waals surface area contributed by atoms with E-state index in [1.54, 1.807) is 0 Å². The lowest BCUT2D eigenvalue weighted by Crippen LogP contribution is -2.39. The topological polar surface area (TPSA) is 46.3 Å². The number of carbonyl (C=O) groups is 1. The number of nitrogen functional groups attached to an aromatic ring is 1.